The van der Waals surface area contributed by atoms with Crippen molar-refractivity contribution in [1.29, 1.82) is 0 Å². The first-order valence-corrected chi connectivity index (χ1v) is 21.2. The predicted molar refractivity (Wildman–Crippen MR) is 260 cm³/mol. The van der Waals surface area contributed by atoms with E-state index in [-0.39, 0.29) is 0 Å². The van der Waals surface area contributed by atoms with E-state index in [1.54, 1.807) is 0 Å². The highest BCUT2D eigenvalue weighted by molar-refractivity contribution is 6.07. The lowest BCUT2D eigenvalue weighted by atomic mass is 9.78. The molecule has 0 N–H and O–H groups in total. The molecule has 1 aromatic heterocycles. The first-order valence-electron chi connectivity index (χ1n) is 21.2. The van der Waals surface area contributed by atoms with Crippen molar-refractivity contribution in [3.8, 4) is 101 Å². The standard InChI is InChI=1S/C60H44N2/c1-41-22-18-19-37-52(41)59-42(2)58(61-60(62-59)47-31-16-7-17-32-47)51-36-21-34-49(39-51)48-33-20-35-50(38-48)54-40-53(43-23-8-3-9-24-43)55(44-25-10-4-11-26-44)57(46-29-14-6-15-30-46)56(54)45-27-12-5-13-28-45/h3-40H,1-2H3. The Balaban J connectivity index is 1.19. The Labute approximate surface area is 364 Å². The first-order chi connectivity index (χ1) is 30.6. The van der Waals surface area contributed by atoms with Gasteiger partial charge in [0.25, 0.3) is 0 Å². The van der Waals surface area contributed by atoms with Crippen molar-refractivity contribution in [2.24, 2.45) is 0 Å². The molecule has 0 unspecified atom stereocenters. The normalized spacial score (nSPS) is 11.1. The molecule has 0 aliphatic carbocycles. The van der Waals surface area contributed by atoms with Crippen LogP contribution in [0, 0.1) is 13.8 Å². The van der Waals surface area contributed by atoms with E-state index in [9.17, 15) is 0 Å². The van der Waals surface area contributed by atoms with Gasteiger partial charge in [0.1, 0.15) is 0 Å². The smallest absolute Gasteiger partial charge is 0.160 e. The molecule has 0 bridgehead atoms. The fourth-order valence-corrected chi connectivity index (χ4v) is 8.79. The Bertz CT molecular complexity index is 3160. The molecule has 0 saturated carbocycles. The maximum absolute atomic E-state index is 5.27. The molecule has 0 fully saturated rings. The molecule has 62 heavy (non-hydrogen) atoms. The molecule has 2 heteroatoms. The summed E-state index contributed by atoms with van der Waals surface area (Å²) in [6.45, 7) is 4.30. The number of aromatic nitrogens is 2. The van der Waals surface area contributed by atoms with Crippen LogP contribution in [0.3, 0.4) is 0 Å². The molecule has 294 valence electrons. The van der Waals surface area contributed by atoms with E-state index >= 15 is 0 Å². The van der Waals surface area contributed by atoms with Crippen molar-refractivity contribution in [2.45, 2.75) is 13.8 Å². The van der Waals surface area contributed by atoms with E-state index in [4.69, 9.17) is 9.97 Å². The molecule has 9 aromatic carbocycles. The van der Waals surface area contributed by atoms with Crippen LogP contribution >= 0.6 is 0 Å². The topological polar surface area (TPSA) is 25.8 Å². The van der Waals surface area contributed by atoms with Gasteiger partial charge in [0.15, 0.2) is 5.82 Å². The van der Waals surface area contributed by atoms with Gasteiger partial charge in [-0.25, -0.2) is 9.97 Å². The van der Waals surface area contributed by atoms with Crippen LogP contribution in [0.25, 0.3) is 101 Å². The summed E-state index contributed by atoms with van der Waals surface area (Å²) >= 11 is 0. The summed E-state index contributed by atoms with van der Waals surface area (Å²) < 4.78 is 0. The number of hydrogen-bond donors (Lipinski definition) is 0. The Kier molecular flexibility index (Phi) is 10.5. The molecule has 1 heterocycles. The van der Waals surface area contributed by atoms with Crippen LogP contribution in [0.15, 0.2) is 231 Å². The zero-order chi connectivity index (χ0) is 41.8. The van der Waals surface area contributed by atoms with Gasteiger partial charge in [-0.1, -0.05) is 212 Å². The van der Waals surface area contributed by atoms with E-state index in [0.717, 1.165) is 50.3 Å². The lowest BCUT2D eigenvalue weighted by Gasteiger charge is -2.24. The molecule has 0 radical (unpaired) electrons. The number of hydrogen-bond acceptors (Lipinski definition) is 2. The van der Waals surface area contributed by atoms with Crippen molar-refractivity contribution >= 4 is 0 Å². The molecule has 2 nitrogen and oxygen atoms in total. The maximum atomic E-state index is 5.27. The maximum Gasteiger partial charge on any atom is 0.160 e. The van der Waals surface area contributed by atoms with Gasteiger partial charge in [0.2, 0.25) is 0 Å². The van der Waals surface area contributed by atoms with Gasteiger partial charge < -0.3 is 0 Å². The monoisotopic (exact) mass is 792 g/mol. The molecule has 10 rings (SSSR count). The second-order valence-electron chi connectivity index (χ2n) is 15.8. The summed E-state index contributed by atoms with van der Waals surface area (Å²) in [4.78, 5) is 10.5. The number of nitrogens with zero attached hydrogens (tertiary/aromatic N) is 2. The van der Waals surface area contributed by atoms with Gasteiger partial charge in [0, 0.05) is 22.3 Å². The second-order valence-corrected chi connectivity index (χ2v) is 15.8. The van der Waals surface area contributed by atoms with E-state index in [1.807, 2.05) is 18.2 Å². The third-order valence-electron chi connectivity index (χ3n) is 11.8. The van der Waals surface area contributed by atoms with Gasteiger partial charge >= 0.3 is 0 Å². The quantitative estimate of drug-likeness (QED) is 0.145. The summed E-state index contributed by atoms with van der Waals surface area (Å²) in [5, 5.41) is 0. The molecule has 10 aromatic rings. The van der Waals surface area contributed by atoms with E-state index in [1.165, 1.54) is 55.6 Å². The first kappa shape index (κ1) is 38.3. The van der Waals surface area contributed by atoms with Crippen LogP contribution in [0.2, 0.25) is 0 Å². The van der Waals surface area contributed by atoms with E-state index in [2.05, 4.69) is 226 Å². The fraction of sp³-hybridized carbons (Fsp3) is 0.0333. The van der Waals surface area contributed by atoms with Crippen LogP contribution in [-0.4, -0.2) is 9.97 Å². The van der Waals surface area contributed by atoms with Crippen molar-refractivity contribution in [1.82, 2.24) is 9.97 Å². The molecular weight excluding hydrogens is 749 g/mol. The Morgan fingerprint density at radius 2 is 0.645 bits per heavy atom. The lowest BCUT2D eigenvalue weighted by Crippen LogP contribution is -2.01. The second kappa shape index (κ2) is 17.0. The van der Waals surface area contributed by atoms with Gasteiger partial charge in [0.05, 0.1) is 11.4 Å². The highest BCUT2D eigenvalue weighted by Gasteiger charge is 2.24. The zero-order valence-electron chi connectivity index (χ0n) is 34.8. The highest BCUT2D eigenvalue weighted by Crippen LogP contribution is 2.50. The SMILES string of the molecule is Cc1ccccc1-c1nc(-c2ccccc2)nc(-c2cccc(-c3cccc(-c4cc(-c5ccccc5)c(-c5ccccc5)c(-c5ccccc5)c4-c4ccccc4)c3)c2)c1C. The third-order valence-corrected chi connectivity index (χ3v) is 11.8. The highest BCUT2D eigenvalue weighted by atomic mass is 14.9. The summed E-state index contributed by atoms with van der Waals surface area (Å²) in [7, 11) is 0. The van der Waals surface area contributed by atoms with Gasteiger partial charge in [-0.3, -0.25) is 0 Å². The van der Waals surface area contributed by atoms with E-state index < -0.39 is 0 Å². The fourth-order valence-electron chi connectivity index (χ4n) is 8.79. The van der Waals surface area contributed by atoms with Crippen LogP contribution in [0.4, 0.5) is 0 Å². The van der Waals surface area contributed by atoms with Gasteiger partial charge in [-0.2, -0.15) is 0 Å². The summed E-state index contributed by atoms with van der Waals surface area (Å²) in [6, 6.07) is 82.5. The molecule has 0 aliphatic heterocycles. The van der Waals surface area contributed by atoms with Crippen molar-refractivity contribution in [3.05, 3.63) is 242 Å². The Morgan fingerprint density at radius 3 is 1.19 bits per heavy atom. The van der Waals surface area contributed by atoms with Gasteiger partial charge in [-0.15, -0.1) is 0 Å². The molecule has 0 amide bonds. The van der Waals surface area contributed by atoms with Crippen molar-refractivity contribution < 1.29 is 0 Å². The molecule has 0 atom stereocenters. The van der Waals surface area contributed by atoms with Gasteiger partial charge in [-0.05, 0) is 104 Å². The Hall–Kier alpha value is -7.94. The van der Waals surface area contributed by atoms with Crippen LogP contribution in [-0.2, 0) is 0 Å². The average molecular weight is 793 g/mol. The summed E-state index contributed by atoms with van der Waals surface area (Å²) in [5.41, 5.74) is 21.4. The Morgan fingerprint density at radius 1 is 0.258 bits per heavy atom. The minimum absolute atomic E-state index is 0.715. The number of benzene rings is 9. The molecular formula is C60H44N2. The minimum Gasteiger partial charge on any atom is -0.228 e. The van der Waals surface area contributed by atoms with Crippen molar-refractivity contribution in [3.63, 3.8) is 0 Å². The largest absolute Gasteiger partial charge is 0.228 e. The summed E-state index contributed by atoms with van der Waals surface area (Å²) in [5.74, 6) is 0.715. The van der Waals surface area contributed by atoms with Crippen LogP contribution < -0.4 is 0 Å². The molecule has 0 saturated heterocycles. The predicted octanol–water partition coefficient (Wildman–Crippen LogP) is 16.1. The molecule has 0 spiro atoms. The zero-order valence-corrected chi connectivity index (χ0v) is 34.8. The third kappa shape index (κ3) is 7.44. The average Bonchev–Trinajstić information content (AvgIpc) is 3.35. The van der Waals surface area contributed by atoms with E-state index in [0.29, 0.717) is 5.82 Å². The number of aryl methyl sites for hydroxylation is 1. The lowest BCUT2D eigenvalue weighted by molar-refractivity contribution is 1.14. The van der Waals surface area contributed by atoms with Crippen LogP contribution in [0.5, 0.6) is 0 Å². The summed E-state index contributed by atoms with van der Waals surface area (Å²) in [6.07, 6.45) is 0. The molecule has 0 aliphatic rings. The van der Waals surface area contributed by atoms with Crippen LogP contribution in [0.1, 0.15) is 11.1 Å². The number of rotatable bonds is 9. The minimum atomic E-state index is 0.715. The van der Waals surface area contributed by atoms with Crippen molar-refractivity contribution in [2.75, 3.05) is 0 Å².